The van der Waals surface area contributed by atoms with Crippen LogP contribution in [-0.2, 0) is 0 Å². The lowest BCUT2D eigenvalue weighted by Gasteiger charge is -2.27. The number of alkyl halides is 3. The molecule has 1 aliphatic heterocycles. The molecule has 1 fully saturated rings. The second-order valence-corrected chi connectivity index (χ2v) is 3.52. The van der Waals surface area contributed by atoms with Gasteiger partial charge in [0.25, 0.3) is 0 Å². The summed E-state index contributed by atoms with van der Waals surface area (Å²) in [6, 6.07) is 0. The first kappa shape index (κ1) is 13.6. The highest BCUT2D eigenvalue weighted by atomic mass is 19.4. The molecule has 0 atom stereocenters. The van der Waals surface area contributed by atoms with E-state index in [-0.39, 0.29) is 19.0 Å². The number of anilines is 1. The summed E-state index contributed by atoms with van der Waals surface area (Å²) < 4.78 is 35.6. The smallest absolute Gasteiger partial charge is 0.366 e. The van der Waals surface area contributed by atoms with Gasteiger partial charge in [-0.3, -0.25) is 0 Å². The molecule has 0 spiro atoms. The molecule has 96 valence electrons. The number of halogens is 3. The van der Waals surface area contributed by atoms with Crippen LogP contribution in [0.3, 0.4) is 0 Å². The lowest BCUT2D eigenvalue weighted by molar-refractivity contribution is -0.249. The molecule has 0 saturated carbocycles. The van der Waals surface area contributed by atoms with Crippen molar-refractivity contribution in [2.24, 2.45) is 0 Å². The largest absolute Gasteiger partial charge is 0.459 e. The van der Waals surface area contributed by atoms with E-state index in [4.69, 9.17) is 5.73 Å². The standard InChI is InChI=1S/C6H10F3N.C3H4N4/c7-6(8,9)10-4-2-1-3-5-10;4-3-5-1-2-6-7-3/h1-5H2;1-2H,(H2,4,5,7). The Hall–Kier alpha value is -1.44. The topological polar surface area (TPSA) is 67.9 Å². The van der Waals surface area contributed by atoms with Gasteiger partial charge in [0.15, 0.2) is 0 Å². The summed E-state index contributed by atoms with van der Waals surface area (Å²) >= 11 is 0. The monoisotopic (exact) mass is 249 g/mol. The summed E-state index contributed by atoms with van der Waals surface area (Å²) in [6.07, 6.45) is 1.16. The summed E-state index contributed by atoms with van der Waals surface area (Å²) in [5.74, 6) is 0.211. The van der Waals surface area contributed by atoms with Crippen LogP contribution in [0.2, 0.25) is 0 Å². The van der Waals surface area contributed by atoms with Gasteiger partial charge in [-0.1, -0.05) is 6.42 Å². The quantitative estimate of drug-likeness (QED) is 0.705. The zero-order valence-electron chi connectivity index (χ0n) is 9.19. The van der Waals surface area contributed by atoms with Crippen LogP contribution in [0.15, 0.2) is 12.4 Å². The summed E-state index contributed by atoms with van der Waals surface area (Å²) in [5.41, 5.74) is 5.07. The molecule has 2 N–H and O–H groups in total. The molecule has 0 aromatic carbocycles. The summed E-state index contributed by atoms with van der Waals surface area (Å²) in [6.45, 7) is 0.368. The number of nitrogens with two attached hydrogens (primary N) is 1. The SMILES string of the molecule is FC(F)(F)N1CCCCC1.Nc1nccnn1. The Kier molecular flexibility index (Phi) is 5.08. The second-order valence-electron chi connectivity index (χ2n) is 3.52. The number of rotatable bonds is 0. The van der Waals surface area contributed by atoms with E-state index >= 15 is 0 Å². The highest BCUT2D eigenvalue weighted by Crippen LogP contribution is 2.24. The van der Waals surface area contributed by atoms with Crippen LogP contribution in [0.4, 0.5) is 19.1 Å². The zero-order chi connectivity index (χ0) is 12.7. The molecular weight excluding hydrogens is 235 g/mol. The van der Waals surface area contributed by atoms with Crippen molar-refractivity contribution in [3.8, 4) is 0 Å². The Bertz CT molecular complexity index is 310. The van der Waals surface area contributed by atoms with E-state index in [1.54, 1.807) is 0 Å². The van der Waals surface area contributed by atoms with Crippen LogP contribution in [0.25, 0.3) is 0 Å². The average molecular weight is 249 g/mol. The molecular formula is C9H14F3N5. The van der Waals surface area contributed by atoms with Crippen LogP contribution in [0.1, 0.15) is 19.3 Å². The Labute approximate surface area is 96.8 Å². The van der Waals surface area contributed by atoms with Gasteiger partial charge in [0, 0.05) is 13.1 Å². The van der Waals surface area contributed by atoms with E-state index in [1.165, 1.54) is 12.4 Å². The van der Waals surface area contributed by atoms with E-state index in [0.717, 1.165) is 6.42 Å². The third-order valence-electron chi connectivity index (χ3n) is 2.21. The fraction of sp³-hybridized carbons (Fsp3) is 0.667. The van der Waals surface area contributed by atoms with Crippen LogP contribution >= 0.6 is 0 Å². The highest BCUT2D eigenvalue weighted by molar-refractivity contribution is 5.07. The number of hydrogen-bond acceptors (Lipinski definition) is 5. The minimum atomic E-state index is -4.10. The summed E-state index contributed by atoms with van der Waals surface area (Å²) in [5, 5.41) is 6.84. The minimum Gasteiger partial charge on any atom is -0.366 e. The first-order valence-corrected chi connectivity index (χ1v) is 5.21. The van der Waals surface area contributed by atoms with Crippen LogP contribution in [0, 0.1) is 0 Å². The molecule has 17 heavy (non-hydrogen) atoms. The Morgan fingerprint density at radius 3 is 2.06 bits per heavy atom. The van der Waals surface area contributed by atoms with E-state index in [9.17, 15) is 13.2 Å². The van der Waals surface area contributed by atoms with Crippen molar-refractivity contribution < 1.29 is 13.2 Å². The minimum absolute atomic E-state index is 0.184. The van der Waals surface area contributed by atoms with Crippen LogP contribution < -0.4 is 5.73 Å². The molecule has 0 radical (unpaired) electrons. The van der Waals surface area contributed by atoms with Crippen LogP contribution in [0.5, 0.6) is 0 Å². The van der Waals surface area contributed by atoms with Gasteiger partial charge in [0.05, 0.1) is 12.4 Å². The van der Waals surface area contributed by atoms with E-state index < -0.39 is 6.30 Å². The van der Waals surface area contributed by atoms with E-state index in [2.05, 4.69) is 15.2 Å². The van der Waals surface area contributed by atoms with Crippen molar-refractivity contribution in [3.05, 3.63) is 12.4 Å². The fourth-order valence-corrected chi connectivity index (χ4v) is 1.41. The van der Waals surface area contributed by atoms with Crippen molar-refractivity contribution in [2.75, 3.05) is 18.8 Å². The third-order valence-corrected chi connectivity index (χ3v) is 2.21. The molecule has 2 heterocycles. The van der Waals surface area contributed by atoms with Gasteiger partial charge >= 0.3 is 6.30 Å². The van der Waals surface area contributed by atoms with E-state index in [0.29, 0.717) is 17.7 Å². The van der Waals surface area contributed by atoms with Gasteiger partial charge in [-0.2, -0.15) is 18.3 Å². The Morgan fingerprint density at radius 2 is 1.76 bits per heavy atom. The highest BCUT2D eigenvalue weighted by Gasteiger charge is 2.37. The Balaban J connectivity index is 0.000000181. The molecule has 2 rings (SSSR count). The number of likely N-dealkylation sites (tertiary alicyclic amines) is 1. The molecule has 0 aliphatic carbocycles. The number of hydrogen-bond donors (Lipinski definition) is 1. The maximum absolute atomic E-state index is 11.9. The van der Waals surface area contributed by atoms with Gasteiger partial charge in [0.2, 0.25) is 5.95 Å². The molecule has 1 aromatic heterocycles. The molecule has 1 aliphatic rings. The number of aromatic nitrogens is 3. The molecule has 0 bridgehead atoms. The van der Waals surface area contributed by atoms with Crippen molar-refractivity contribution in [2.45, 2.75) is 25.6 Å². The maximum atomic E-state index is 11.9. The van der Waals surface area contributed by atoms with Crippen molar-refractivity contribution in [3.63, 3.8) is 0 Å². The van der Waals surface area contributed by atoms with Gasteiger partial charge in [0.1, 0.15) is 0 Å². The molecule has 1 aromatic rings. The molecule has 5 nitrogen and oxygen atoms in total. The van der Waals surface area contributed by atoms with Gasteiger partial charge in [-0.25, -0.2) is 9.88 Å². The second kappa shape index (κ2) is 6.33. The Morgan fingerprint density at radius 1 is 1.12 bits per heavy atom. The maximum Gasteiger partial charge on any atom is 0.459 e. The first-order valence-electron chi connectivity index (χ1n) is 5.21. The lowest BCUT2D eigenvalue weighted by atomic mass is 10.1. The first-order chi connectivity index (χ1) is 8.00. The summed E-state index contributed by atoms with van der Waals surface area (Å²) in [4.78, 5) is 4.16. The predicted molar refractivity (Wildman–Crippen MR) is 55.7 cm³/mol. The van der Waals surface area contributed by atoms with Gasteiger partial charge in [-0.05, 0) is 12.8 Å². The van der Waals surface area contributed by atoms with Gasteiger partial charge in [-0.15, -0.1) is 5.10 Å². The van der Waals surface area contributed by atoms with E-state index in [1.807, 2.05) is 0 Å². The normalized spacial score (nSPS) is 17.1. The number of nitrogen functional groups attached to an aromatic ring is 1. The summed E-state index contributed by atoms with van der Waals surface area (Å²) in [7, 11) is 0. The van der Waals surface area contributed by atoms with Gasteiger partial charge < -0.3 is 5.73 Å². The van der Waals surface area contributed by atoms with Crippen LogP contribution in [-0.4, -0.2) is 39.5 Å². The number of piperidine rings is 1. The van der Waals surface area contributed by atoms with Crippen molar-refractivity contribution in [1.29, 1.82) is 0 Å². The molecule has 0 unspecified atom stereocenters. The zero-order valence-corrected chi connectivity index (χ0v) is 9.19. The van der Waals surface area contributed by atoms with Crippen molar-refractivity contribution in [1.82, 2.24) is 20.1 Å². The number of nitrogens with zero attached hydrogens (tertiary/aromatic N) is 4. The average Bonchev–Trinajstić information content (AvgIpc) is 2.31. The lowest BCUT2D eigenvalue weighted by Crippen LogP contribution is -2.41. The molecule has 1 saturated heterocycles. The predicted octanol–water partition coefficient (Wildman–Crippen LogP) is 1.45. The molecule has 0 amide bonds. The fourth-order valence-electron chi connectivity index (χ4n) is 1.41. The third kappa shape index (κ3) is 5.43. The van der Waals surface area contributed by atoms with Crippen molar-refractivity contribution >= 4 is 5.95 Å². The molecule has 8 heteroatoms.